The van der Waals surface area contributed by atoms with Crippen LogP contribution in [-0.4, -0.2) is 42.0 Å². The lowest BCUT2D eigenvalue weighted by molar-refractivity contribution is -0.159. The average Bonchev–Trinajstić information content (AvgIpc) is 2.54. The van der Waals surface area contributed by atoms with Gasteiger partial charge in [0.05, 0.1) is 18.8 Å². The van der Waals surface area contributed by atoms with Gasteiger partial charge in [0.1, 0.15) is 0 Å². The van der Waals surface area contributed by atoms with Crippen LogP contribution in [0.2, 0.25) is 0 Å². The average molecular weight is 343 g/mol. The van der Waals surface area contributed by atoms with E-state index in [0.717, 1.165) is 38.5 Å². The van der Waals surface area contributed by atoms with Gasteiger partial charge in [-0.3, -0.25) is 0 Å². The fourth-order valence-corrected chi connectivity index (χ4v) is 3.02. The molecule has 1 amide bonds. The van der Waals surface area contributed by atoms with E-state index in [1.807, 2.05) is 6.92 Å². The van der Waals surface area contributed by atoms with Crippen molar-refractivity contribution in [2.75, 3.05) is 6.61 Å². The number of unbranched alkanes of at least 4 members (excludes halogenated alkanes) is 1. The van der Waals surface area contributed by atoms with E-state index in [2.05, 4.69) is 5.32 Å². The molecule has 2 atom stereocenters. The van der Waals surface area contributed by atoms with Gasteiger partial charge in [-0.05, 0) is 32.6 Å². The van der Waals surface area contributed by atoms with Gasteiger partial charge < -0.3 is 19.9 Å². The number of hydrogen-bond acceptors (Lipinski definition) is 5. The fraction of sp³-hybridized carbons (Fsp3) is 0.889. The van der Waals surface area contributed by atoms with Crippen LogP contribution in [0.3, 0.4) is 0 Å². The molecule has 1 fully saturated rings. The smallest absolute Gasteiger partial charge is 0.407 e. The Morgan fingerprint density at radius 3 is 2.46 bits per heavy atom. The number of alkyl carbamates (subject to hydrolysis) is 1. The Morgan fingerprint density at radius 2 is 1.88 bits per heavy atom. The van der Waals surface area contributed by atoms with Crippen LogP contribution in [0, 0.1) is 5.92 Å². The summed E-state index contributed by atoms with van der Waals surface area (Å²) in [6, 6.07) is -0.673. The number of rotatable bonds is 9. The van der Waals surface area contributed by atoms with Gasteiger partial charge in [-0.15, -0.1) is 0 Å². The van der Waals surface area contributed by atoms with Crippen LogP contribution < -0.4 is 5.32 Å². The van der Waals surface area contributed by atoms with Gasteiger partial charge in [-0.1, -0.05) is 45.4 Å². The molecule has 0 aromatic carbocycles. The second-order valence-electron chi connectivity index (χ2n) is 6.91. The van der Waals surface area contributed by atoms with E-state index in [1.54, 1.807) is 13.8 Å². The van der Waals surface area contributed by atoms with Crippen LogP contribution in [0.25, 0.3) is 0 Å². The van der Waals surface area contributed by atoms with Crippen molar-refractivity contribution in [3.63, 3.8) is 0 Å². The fourth-order valence-electron chi connectivity index (χ4n) is 3.02. The molecule has 0 spiro atoms. The molecule has 1 aliphatic carbocycles. The first kappa shape index (κ1) is 20.7. The summed E-state index contributed by atoms with van der Waals surface area (Å²) in [6.07, 6.45) is 5.70. The summed E-state index contributed by atoms with van der Waals surface area (Å²) in [7, 11) is 0. The third kappa shape index (κ3) is 7.99. The molecule has 0 radical (unpaired) electrons. The third-order valence-electron chi connectivity index (χ3n) is 4.32. The molecule has 0 saturated heterocycles. The molecule has 0 bridgehead atoms. The van der Waals surface area contributed by atoms with Gasteiger partial charge in [0.2, 0.25) is 0 Å². The van der Waals surface area contributed by atoms with E-state index in [4.69, 9.17) is 9.47 Å². The van der Waals surface area contributed by atoms with Crippen LogP contribution in [0.4, 0.5) is 4.79 Å². The number of esters is 1. The Bertz CT molecular complexity index is 380. The summed E-state index contributed by atoms with van der Waals surface area (Å²) in [6.45, 7) is 5.81. The highest BCUT2D eigenvalue weighted by Crippen LogP contribution is 2.28. The topological polar surface area (TPSA) is 84.9 Å². The van der Waals surface area contributed by atoms with Crippen molar-refractivity contribution >= 4 is 12.1 Å². The zero-order valence-corrected chi connectivity index (χ0v) is 15.3. The minimum atomic E-state index is -1.37. The van der Waals surface area contributed by atoms with Gasteiger partial charge in [0.25, 0.3) is 0 Å². The predicted octanol–water partition coefficient (Wildman–Crippen LogP) is 3.16. The zero-order valence-electron chi connectivity index (χ0n) is 15.3. The molecule has 6 nitrogen and oxygen atoms in total. The molecular formula is C18H33NO5. The summed E-state index contributed by atoms with van der Waals surface area (Å²) < 4.78 is 10.2. The number of amides is 1. The minimum absolute atomic E-state index is 0.306. The van der Waals surface area contributed by atoms with E-state index in [-0.39, 0.29) is 6.10 Å². The van der Waals surface area contributed by atoms with E-state index >= 15 is 0 Å². The molecule has 6 heteroatoms. The van der Waals surface area contributed by atoms with Crippen LogP contribution in [0.5, 0.6) is 0 Å². The van der Waals surface area contributed by atoms with Crippen LogP contribution >= 0.6 is 0 Å². The summed E-state index contributed by atoms with van der Waals surface area (Å²) in [5.74, 6) is -0.291. The summed E-state index contributed by atoms with van der Waals surface area (Å²) in [4.78, 5) is 23.9. The molecule has 1 saturated carbocycles. The highest BCUT2D eigenvalue weighted by Gasteiger charge is 2.32. The number of hydrogen-bond donors (Lipinski definition) is 2. The Balaban J connectivity index is 2.62. The van der Waals surface area contributed by atoms with Crippen LogP contribution in [0.1, 0.15) is 72.1 Å². The summed E-state index contributed by atoms with van der Waals surface area (Å²) >= 11 is 0. The molecule has 140 valence electrons. The van der Waals surface area contributed by atoms with Crippen molar-refractivity contribution in [1.29, 1.82) is 0 Å². The molecular weight excluding hydrogens is 310 g/mol. The predicted molar refractivity (Wildman–Crippen MR) is 91.6 cm³/mol. The quantitative estimate of drug-likeness (QED) is 0.496. The van der Waals surface area contributed by atoms with E-state index < -0.39 is 24.2 Å². The lowest BCUT2D eigenvalue weighted by atomic mass is 9.83. The first-order valence-electron chi connectivity index (χ1n) is 9.25. The van der Waals surface area contributed by atoms with Crippen molar-refractivity contribution < 1.29 is 24.2 Å². The minimum Gasteiger partial charge on any atom is -0.461 e. The van der Waals surface area contributed by atoms with Crippen molar-refractivity contribution in [2.45, 2.75) is 90.4 Å². The van der Waals surface area contributed by atoms with Crippen molar-refractivity contribution in [1.82, 2.24) is 5.32 Å². The van der Waals surface area contributed by atoms with E-state index in [1.165, 1.54) is 6.42 Å². The van der Waals surface area contributed by atoms with Gasteiger partial charge in [0, 0.05) is 0 Å². The molecule has 0 heterocycles. The third-order valence-corrected chi connectivity index (χ3v) is 4.32. The molecule has 24 heavy (non-hydrogen) atoms. The zero-order chi connectivity index (χ0) is 17.9. The van der Waals surface area contributed by atoms with Crippen molar-refractivity contribution in [3.8, 4) is 0 Å². The summed E-state index contributed by atoms with van der Waals surface area (Å²) in [5.41, 5.74) is 0. The normalized spacial score (nSPS) is 18.0. The van der Waals surface area contributed by atoms with E-state index in [9.17, 15) is 14.7 Å². The molecule has 0 aliphatic heterocycles. The Labute approximate surface area is 145 Å². The number of aliphatic hydroxyl groups excluding tert-OH is 1. The van der Waals surface area contributed by atoms with Crippen LogP contribution in [-0.2, 0) is 14.3 Å². The Hall–Kier alpha value is -1.30. The standard InChI is InChI=1S/C18H33NO5/c1-4-5-11-23-18(22)19-15(12-14-9-7-6-8-10-14)16(20)17(21)24-13(2)3/h13-16,20H,4-12H2,1-3H3,(H,19,22)/t15-,16+/m0/s1. The highest BCUT2D eigenvalue weighted by atomic mass is 16.6. The van der Waals surface area contributed by atoms with Crippen LogP contribution in [0.15, 0.2) is 0 Å². The first-order valence-corrected chi connectivity index (χ1v) is 9.25. The Morgan fingerprint density at radius 1 is 1.21 bits per heavy atom. The number of nitrogens with one attached hydrogen (secondary N) is 1. The maximum absolute atomic E-state index is 12.0. The van der Waals surface area contributed by atoms with Gasteiger partial charge >= 0.3 is 12.1 Å². The molecule has 2 N–H and O–H groups in total. The molecule has 0 aromatic rings. The molecule has 1 aliphatic rings. The molecule has 0 unspecified atom stereocenters. The van der Waals surface area contributed by atoms with Gasteiger partial charge in [-0.25, -0.2) is 9.59 Å². The maximum Gasteiger partial charge on any atom is 0.407 e. The Kier molecular flexibility index (Phi) is 9.76. The number of ether oxygens (including phenoxy) is 2. The number of carbonyl (C=O) groups excluding carboxylic acids is 2. The first-order chi connectivity index (χ1) is 11.4. The summed E-state index contributed by atoms with van der Waals surface area (Å²) in [5, 5.41) is 13.0. The van der Waals surface area contributed by atoms with Gasteiger partial charge in [0.15, 0.2) is 6.10 Å². The van der Waals surface area contributed by atoms with Crippen molar-refractivity contribution in [2.24, 2.45) is 5.92 Å². The van der Waals surface area contributed by atoms with E-state index in [0.29, 0.717) is 18.9 Å². The lowest BCUT2D eigenvalue weighted by Gasteiger charge is -2.29. The SMILES string of the molecule is CCCCOC(=O)N[C@@H](CC1CCCCC1)[C@@H](O)C(=O)OC(C)C. The monoisotopic (exact) mass is 343 g/mol. The molecule has 0 aromatic heterocycles. The lowest BCUT2D eigenvalue weighted by Crippen LogP contribution is -2.49. The van der Waals surface area contributed by atoms with Crippen molar-refractivity contribution in [3.05, 3.63) is 0 Å². The largest absolute Gasteiger partial charge is 0.461 e. The van der Waals surface area contributed by atoms with Gasteiger partial charge in [-0.2, -0.15) is 0 Å². The second kappa shape index (κ2) is 11.3. The number of aliphatic hydroxyl groups is 1. The number of carbonyl (C=O) groups is 2. The highest BCUT2D eigenvalue weighted by molar-refractivity contribution is 5.77. The molecule has 1 rings (SSSR count). The second-order valence-corrected chi connectivity index (χ2v) is 6.91. The maximum atomic E-state index is 12.0.